The normalized spacial score (nSPS) is 16.7. The fourth-order valence-electron chi connectivity index (χ4n) is 5.00. The Labute approximate surface area is 227 Å². The third-order valence-corrected chi connectivity index (χ3v) is 7.58. The number of anilines is 2. The van der Waals surface area contributed by atoms with Gasteiger partial charge in [0.2, 0.25) is 0 Å². The summed E-state index contributed by atoms with van der Waals surface area (Å²) in [4.78, 5) is 31.1. The van der Waals surface area contributed by atoms with E-state index < -0.39 is 0 Å². The van der Waals surface area contributed by atoms with Crippen LogP contribution in [0.25, 0.3) is 0 Å². The van der Waals surface area contributed by atoms with E-state index in [4.69, 9.17) is 23.2 Å². The SMILES string of the molecule is C[C@H]1C[C@H](N(C(=O)c2ccc(Cl)c(Cl)c2)c2ccccc2)c2ccccc2N1CC(=O)c1ccccc1. The monoisotopic (exact) mass is 528 g/mol. The Hall–Kier alpha value is -3.60. The first-order chi connectivity index (χ1) is 17.9. The van der Waals surface area contributed by atoms with Gasteiger partial charge in [0.05, 0.1) is 22.6 Å². The molecule has 0 bridgehead atoms. The number of ketones is 1. The predicted molar refractivity (Wildman–Crippen MR) is 151 cm³/mol. The first-order valence-corrected chi connectivity index (χ1v) is 13.0. The van der Waals surface area contributed by atoms with Crippen molar-refractivity contribution in [2.24, 2.45) is 0 Å². The molecule has 0 saturated heterocycles. The van der Waals surface area contributed by atoms with Crippen LogP contribution >= 0.6 is 23.2 Å². The summed E-state index contributed by atoms with van der Waals surface area (Å²) in [6.45, 7) is 2.37. The van der Waals surface area contributed by atoms with E-state index in [0.29, 0.717) is 27.6 Å². The second-order valence-corrected chi connectivity index (χ2v) is 10.0. The number of halogens is 2. The van der Waals surface area contributed by atoms with Crippen LogP contribution in [0.2, 0.25) is 10.0 Å². The van der Waals surface area contributed by atoms with Gasteiger partial charge in [0.1, 0.15) is 0 Å². The molecule has 0 aromatic heterocycles. The summed E-state index contributed by atoms with van der Waals surface area (Å²) in [5, 5.41) is 0.739. The molecule has 1 aliphatic heterocycles. The molecule has 0 unspecified atom stereocenters. The molecule has 0 N–H and O–H groups in total. The van der Waals surface area contributed by atoms with Crippen molar-refractivity contribution in [3.8, 4) is 0 Å². The lowest BCUT2D eigenvalue weighted by atomic mass is 9.89. The molecule has 6 heteroatoms. The van der Waals surface area contributed by atoms with E-state index in [1.54, 1.807) is 18.2 Å². The van der Waals surface area contributed by atoms with Gasteiger partial charge in [-0.1, -0.05) is 89.9 Å². The van der Waals surface area contributed by atoms with Crippen molar-refractivity contribution in [2.75, 3.05) is 16.3 Å². The maximum atomic E-state index is 14.0. The number of amides is 1. The van der Waals surface area contributed by atoms with E-state index in [2.05, 4.69) is 11.8 Å². The molecule has 1 amide bonds. The second kappa shape index (κ2) is 10.8. The highest BCUT2D eigenvalue weighted by atomic mass is 35.5. The van der Waals surface area contributed by atoms with E-state index in [-0.39, 0.29) is 30.3 Å². The van der Waals surface area contributed by atoms with Crippen LogP contribution in [-0.4, -0.2) is 24.3 Å². The molecule has 186 valence electrons. The smallest absolute Gasteiger partial charge is 0.258 e. The molecule has 1 aliphatic rings. The molecule has 0 aliphatic carbocycles. The van der Waals surface area contributed by atoms with Crippen molar-refractivity contribution in [3.05, 3.63) is 130 Å². The van der Waals surface area contributed by atoms with Crippen LogP contribution in [0, 0.1) is 0 Å². The molecular formula is C31H26Cl2N2O2. The highest BCUT2D eigenvalue weighted by Crippen LogP contribution is 2.43. The third-order valence-electron chi connectivity index (χ3n) is 6.84. The highest BCUT2D eigenvalue weighted by molar-refractivity contribution is 6.42. The zero-order valence-electron chi connectivity index (χ0n) is 20.4. The maximum Gasteiger partial charge on any atom is 0.258 e. The number of hydrogen-bond donors (Lipinski definition) is 0. The fraction of sp³-hybridized carbons (Fsp3) is 0.161. The predicted octanol–water partition coefficient (Wildman–Crippen LogP) is 7.86. The Kier molecular flexibility index (Phi) is 7.31. The minimum absolute atomic E-state index is 0.0142. The van der Waals surface area contributed by atoms with Crippen LogP contribution in [-0.2, 0) is 0 Å². The minimum Gasteiger partial charge on any atom is -0.361 e. The maximum absolute atomic E-state index is 14.0. The van der Waals surface area contributed by atoms with Crippen LogP contribution in [0.3, 0.4) is 0 Å². The molecule has 4 nitrogen and oxygen atoms in total. The Morgan fingerprint density at radius 2 is 1.46 bits per heavy atom. The number of carbonyl (C=O) groups excluding carboxylic acids is 2. The number of hydrogen-bond acceptors (Lipinski definition) is 3. The molecule has 0 radical (unpaired) electrons. The molecule has 0 saturated carbocycles. The summed E-state index contributed by atoms with van der Waals surface area (Å²) in [7, 11) is 0. The van der Waals surface area contributed by atoms with E-state index in [9.17, 15) is 9.59 Å². The molecule has 2 atom stereocenters. The summed E-state index contributed by atoms with van der Waals surface area (Å²) >= 11 is 12.4. The van der Waals surface area contributed by atoms with Crippen LogP contribution in [0.5, 0.6) is 0 Å². The summed E-state index contributed by atoms with van der Waals surface area (Å²) < 4.78 is 0. The van der Waals surface area contributed by atoms with Crippen molar-refractivity contribution in [1.29, 1.82) is 0 Å². The Bertz CT molecular complexity index is 1430. The lowest BCUT2D eigenvalue weighted by Crippen LogP contribution is -2.47. The molecule has 1 heterocycles. The first kappa shape index (κ1) is 25.1. The van der Waals surface area contributed by atoms with Gasteiger partial charge in [-0.15, -0.1) is 0 Å². The van der Waals surface area contributed by atoms with Crippen LogP contribution < -0.4 is 9.80 Å². The van der Waals surface area contributed by atoms with Crippen LogP contribution in [0.4, 0.5) is 11.4 Å². The number of carbonyl (C=O) groups is 2. The van der Waals surface area contributed by atoms with Crippen LogP contribution in [0.1, 0.15) is 45.7 Å². The summed E-state index contributed by atoms with van der Waals surface area (Å²) in [6.07, 6.45) is 0.654. The first-order valence-electron chi connectivity index (χ1n) is 12.2. The van der Waals surface area contributed by atoms with Crippen LogP contribution in [0.15, 0.2) is 103 Å². The van der Waals surface area contributed by atoms with Gasteiger partial charge in [0.25, 0.3) is 5.91 Å². The largest absolute Gasteiger partial charge is 0.361 e. The van der Waals surface area contributed by atoms with E-state index in [1.165, 1.54) is 0 Å². The van der Waals surface area contributed by atoms with E-state index >= 15 is 0 Å². The standard InChI is InChI=1S/C31H26Cl2N2O2/c1-21-18-29(25-14-8-9-15-28(25)34(21)20-30(36)22-10-4-2-5-11-22)35(24-12-6-3-7-13-24)31(37)23-16-17-26(32)27(33)19-23/h2-17,19,21,29H,18,20H2,1H3/t21-,29-/m0/s1. The molecule has 4 aromatic rings. The summed E-state index contributed by atoms with van der Waals surface area (Å²) in [6, 6.07) is 31.8. The fourth-order valence-corrected chi connectivity index (χ4v) is 5.29. The molecule has 4 aromatic carbocycles. The third kappa shape index (κ3) is 5.13. The van der Waals surface area contributed by atoms with Crippen molar-refractivity contribution < 1.29 is 9.59 Å². The summed E-state index contributed by atoms with van der Waals surface area (Å²) in [5.74, 6) is -0.0990. The minimum atomic E-state index is -0.237. The van der Waals surface area contributed by atoms with Crippen molar-refractivity contribution in [2.45, 2.75) is 25.4 Å². The number of benzene rings is 4. The molecular weight excluding hydrogens is 503 g/mol. The van der Waals surface area contributed by atoms with Gasteiger partial charge < -0.3 is 9.80 Å². The zero-order valence-corrected chi connectivity index (χ0v) is 21.9. The average molecular weight is 529 g/mol. The summed E-state index contributed by atoms with van der Waals surface area (Å²) in [5.41, 5.74) is 3.90. The van der Waals surface area contributed by atoms with Crippen molar-refractivity contribution in [3.63, 3.8) is 0 Å². The number of nitrogens with zero attached hydrogens (tertiary/aromatic N) is 2. The topological polar surface area (TPSA) is 40.6 Å². The lowest BCUT2D eigenvalue weighted by Gasteiger charge is -2.44. The van der Waals surface area contributed by atoms with Gasteiger partial charge in [-0.05, 0) is 55.3 Å². The second-order valence-electron chi connectivity index (χ2n) is 9.22. The Morgan fingerprint density at radius 1 is 0.811 bits per heavy atom. The average Bonchev–Trinajstić information content (AvgIpc) is 2.93. The number of Topliss-reactive ketones (excluding diaryl/α,β-unsaturated/α-hetero) is 1. The molecule has 5 rings (SSSR count). The quantitative estimate of drug-likeness (QED) is 0.239. The Balaban J connectivity index is 1.55. The van der Waals surface area contributed by atoms with Gasteiger partial charge in [-0.3, -0.25) is 9.59 Å². The highest BCUT2D eigenvalue weighted by Gasteiger charge is 2.37. The number of fused-ring (bicyclic) bond motifs is 1. The molecule has 37 heavy (non-hydrogen) atoms. The van der Waals surface area contributed by atoms with Crippen molar-refractivity contribution in [1.82, 2.24) is 0 Å². The number of rotatable bonds is 6. The van der Waals surface area contributed by atoms with Gasteiger partial charge >= 0.3 is 0 Å². The zero-order chi connectivity index (χ0) is 25.9. The van der Waals surface area contributed by atoms with Crippen molar-refractivity contribution >= 4 is 46.3 Å². The van der Waals surface area contributed by atoms with E-state index in [0.717, 1.165) is 16.9 Å². The lowest BCUT2D eigenvalue weighted by molar-refractivity contribution is 0.0965. The van der Waals surface area contributed by atoms with Gasteiger partial charge in [0, 0.05) is 28.5 Å². The van der Waals surface area contributed by atoms with Gasteiger partial charge in [-0.25, -0.2) is 0 Å². The Morgan fingerprint density at radius 3 is 2.16 bits per heavy atom. The molecule has 0 fully saturated rings. The van der Waals surface area contributed by atoms with Gasteiger partial charge in [-0.2, -0.15) is 0 Å². The molecule has 0 spiro atoms. The van der Waals surface area contributed by atoms with E-state index in [1.807, 2.05) is 89.8 Å². The number of para-hydroxylation sites is 2. The van der Waals surface area contributed by atoms with Gasteiger partial charge in [0.15, 0.2) is 5.78 Å².